The molecule has 2 amide bonds. The lowest BCUT2D eigenvalue weighted by atomic mass is 9.81. The summed E-state index contributed by atoms with van der Waals surface area (Å²) in [7, 11) is 1.27. The van der Waals surface area contributed by atoms with Crippen LogP contribution in [0.2, 0.25) is 0 Å². The summed E-state index contributed by atoms with van der Waals surface area (Å²) in [5.74, 6) is -2.98. The number of carbonyl (C=O) groups is 4. The Bertz CT molecular complexity index is 1240. The van der Waals surface area contributed by atoms with E-state index in [9.17, 15) is 29.3 Å². The Morgan fingerprint density at radius 3 is 2.25 bits per heavy atom. The van der Waals surface area contributed by atoms with Crippen molar-refractivity contribution in [1.29, 1.82) is 0 Å². The van der Waals surface area contributed by atoms with Gasteiger partial charge in [0, 0.05) is 21.3 Å². The molecule has 2 aromatic carbocycles. The molecule has 1 heterocycles. The zero-order chi connectivity index (χ0) is 26.1. The summed E-state index contributed by atoms with van der Waals surface area (Å²) in [5, 5.41) is 11.2. The van der Waals surface area contributed by atoms with E-state index < -0.39 is 35.1 Å². The third kappa shape index (κ3) is 4.92. The molecular formula is C24H20Br2N2O8. The van der Waals surface area contributed by atoms with Gasteiger partial charge in [-0.1, -0.05) is 37.9 Å². The van der Waals surface area contributed by atoms with Crippen LogP contribution in [0.3, 0.4) is 0 Å². The van der Waals surface area contributed by atoms with Gasteiger partial charge in [-0.15, -0.1) is 0 Å². The fraction of sp³-hybridized carbons (Fsp3) is 0.333. The minimum atomic E-state index is -0.842. The van der Waals surface area contributed by atoms with Crippen LogP contribution in [0.25, 0.3) is 0 Å². The summed E-state index contributed by atoms with van der Waals surface area (Å²) >= 11 is 7.10. The number of benzene rings is 2. The molecule has 36 heavy (non-hydrogen) atoms. The molecule has 0 bridgehead atoms. The van der Waals surface area contributed by atoms with E-state index in [1.807, 2.05) is 0 Å². The highest BCUT2D eigenvalue weighted by molar-refractivity contribution is 9.12. The van der Waals surface area contributed by atoms with Crippen molar-refractivity contribution in [2.75, 3.05) is 18.6 Å². The molecule has 2 aromatic rings. The van der Waals surface area contributed by atoms with Crippen molar-refractivity contribution in [3.8, 4) is 5.75 Å². The third-order valence-corrected chi connectivity index (χ3v) is 9.02. The maximum absolute atomic E-state index is 13.0. The summed E-state index contributed by atoms with van der Waals surface area (Å²) in [6.45, 7) is -0.655. The Kier molecular flexibility index (Phi) is 7.55. The number of imide groups is 1. The number of nitro benzene ring substituents is 1. The Labute approximate surface area is 222 Å². The van der Waals surface area contributed by atoms with Crippen LogP contribution in [-0.2, 0) is 14.3 Å². The van der Waals surface area contributed by atoms with Crippen LogP contribution in [0, 0.1) is 22.0 Å². The smallest absolute Gasteiger partial charge is 0.338 e. The number of carbonyl (C=O) groups excluding carboxylic acids is 4. The summed E-state index contributed by atoms with van der Waals surface area (Å²) in [4.78, 5) is 62.9. The first-order chi connectivity index (χ1) is 17.1. The average Bonchev–Trinajstić information content (AvgIpc) is 3.10. The summed E-state index contributed by atoms with van der Waals surface area (Å²) in [6, 6.07) is 9.56. The fourth-order valence-electron chi connectivity index (χ4n) is 4.43. The number of fused-ring (bicyclic) bond motifs is 1. The molecule has 0 aromatic heterocycles. The second kappa shape index (κ2) is 10.5. The molecule has 4 rings (SSSR count). The first-order valence-electron chi connectivity index (χ1n) is 10.9. The monoisotopic (exact) mass is 622 g/mol. The lowest BCUT2D eigenvalue weighted by Crippen LogP contribution is -2.34. The van der Waals surface area contributed by atoms with Crippen molar-refractivity contribution in [2.45, 2.75) is 22.5 Å². The van der Waals surface area contributed by atoms with Gasteiger partial charge in [0.1, 0.15) is 0 Å². The standard InChI is InChI=1S/C24H20Br2N2O8/c1-35-21-6-5-12(8-19(21)28(33)34)20(29)11-36-24(32)13-3-2-4-14(7-13)27-22(30)15-9-17(25)18(26)10-16(15)23(27)31/h2-8,15-18H,9-11H2,1H3/t15-,16-,17-,18+/m1/s1. The molecule has 1 aliphatic heterocycles. The Hall–Kier alpha value is -3.12. The van der Waals surface area contributed by atoms with E-state index in [2.05, 4.69) is 31.9 Å². The second-order valence-corrected chi connectivity index (χ2v) is 10.8. The van der Waals surface area contributed by atoms with Gasteiger partial charge < -0.3 is 9.47 Å². The molecular weight excluding hydrogens is 604 g/mol. The maximum Gasteiger partial charge on any atom is 0.338 e. The van der Waals surface area contributed by atoms with Gasteiger partial charge in [-0.05, 0) is 43.2 Å². The molecule has 0 N–H and O–H groups in total. The third-order valence-electron chi connectivity index (χ3n) is 6.28. The van der Waals surface area contributed by atoms with Crippen LogP contribution in [0.15, 0.2) is 42.5 Å². The number of anilines is 1. The van der Waals surface area contributed by atoms with Crippen molar-refractivity contribution in [3.05, 3.63) is 63.7 Å². The van der Waals surface area contributed by atoms with Gasteiger partial charge in [-0.2, -0.15) is 0 Å². The van der Waals surface area contributed by atoms with Gasteiger partial charge in [-0.25, -0.2) is 4.79 Å². The highest BCUT2D eigenvalue weighted by atomic mass is 79.9. The maximum atomic E-state index is 13.0. The molecule has 1 saturated carbocycles. The molecule has 0 radical (unpaired) electrons. The van der Waals surface area contributed by atoms with Crippen LogP contribution >= 0.6 is 31.9 Å². The Morgan fingerprint density at radius 2 is 1.67 bits per heavy atom. The minimum absolute atomic E-state index is 0.00507. The number of methoxy groups -OCH3 is 1. The SMILES string of the molecule is COc1ccc(C(=O)COC(=O)c2cccc(N3C(=O)[C@@H]4C[C@@H](Br)[C@@H](Br)C[C@H]4C3=O)c2)cc1[N+](=O)[O-]. The molecule has 10 nitrogen and oxygen atoms in total. The molecule has 2 fully saturated rings. The topological polar surface area (TPSA) is 133 Å². The fourth-order valence-corrected chi connectivity index (χ4v) is 5.66. The zero-order valence-electron chi connectivity index (χ0n) is 18.9. The van der Waals surface area contributed by atoms with Crippen molar-refractivity contribution >= 4 is 66.8 Å². The molecule has 1 saturated heterocycles. The van der Waals surface area contributed by atoms with Gasteiger partial charge in [0.25, 0.3) is 0 Å². The first-order valence-corrected chi connectivity index (χ1v) is 12.7. The number of ketones is 1. The van der Waals surface area contributed by atoms with E-state index in [0.29, 0.717) is 12.8 Å². The van der Waals surface area contributed by atoms with Crippen molar-refractivity contribution in [1.82, 2.24) is 0 Å². The van der Waals surface area contributed by atoms with Gasteiger partial charge >= 0.3 is 11.7 Å². The largest absolute Gasteiger partial charge is 0.490 e. The quantitative estimate of drug-likeness (QED) is 0.113. The lowest BCUT2D eigenvalue weighted by molar-refractivity contribution is -0.385. The highest BCUT2D eigenvalue weighted by Crippen LogP contribution is 2.44. The summed E-state index contributed by atoms with van der Waals surface area (Å²) < 4.78 is 10.0. The van der Waals surface area contributed by atoms with Crippen molar-refractivity contribution < 1.29 is 33.6 Å². The Morgan fingerprint density at radius 1 is 1.03 bits per heavy atom. The number of esters is 1. The van der Waals surface area contributed by atoms with E-state index in [0.717, 1.165) is 11.0 Å². The van der Waals surface area contributed by atoms with E-state index in [4.69, 9.17) is 9.47 Å². The number of amides is 2. The number of hydrogen-bond acceptors (Lipinski definition) is 8. The Balaban J connectivity index is 1.46. The predicted molar refractivity (Wildman–Crippen MR) is 135 cm³/mol. The van der Waals surface area contributed by atoms with Gasteiger partial charge in [0.2, 0.25) is 17.6 Å². The van der Waals surface area contributed by atoms with Crippen LogP contribution < -0.4 is 9.64 Å². The van der Waals surface area contributed by atoms with Crippen LogP contribution in [-0.4, -0.2) is 51.9 Å². The second-order valence-electron chi connectivity index (χ2n) is 8.42. The normalized spacial score (nSPS) is 23.2. The lowest BCUT2D eigenvalue weighted by Gasteiger charge is -2.29. The van der Waals surface area contributed by atoms with E-state index in [1.54, 1.807) is 6.07 Å². The molecule has 188 valence electrons. The van der Waals surface area contributed by atoms with E-state index in [-0.39, 0.29) is 49.7 Å². The van der Waals surface area contributed by atoms with Gasteiger partial charge in [0.05, 0.1) is 35.1 Å². The zero-order valence-corrected chi connectivity index (χ0v) is 22.1. The van der Waals surface area contributed by atoms with Gasteiger partial charge in [0.15, 0.2) is 12.4 Å². The summed E-state index contributed by atoms with van der Waals surface area (Å²) in [6.07, 6.45) is 1.05. The van der Waals surface area contributed by atoms with E-state index >= 15 is 0 Å². The number of alkyl halides is 2. The number of hydrogen-bond donors (Lipinski definition) is 0. The number of nitrogens with zero attached hydrogens (tertiary/aromatic N) is 2. The molecule has 0 unspecified atom stereocenters. The van der Waals surface area contributed by atoms with Crippen LogP contribution in [0.1, 0.15) is 33.6 Å². The summed E-state index contributed by atoms with van der Waals surface area (Å²) in [5.41, 5.74) is -0.105. The van der Waals surface area contributed by atoms with Crippen molar-refractivity contribution in [3.63, 3.8) is 0 Å². The van der Waals surface area contributed by atoms with E-state index in [1.165, 1.54) is 37.4 Å². The highest BCUT2D eigenvalue weighted by Gasteiger charge is 2.52. The van der Waals surface area contributed by atoms with Crippen LogP contribution in [0.5, 0.6) is 5.75 Å². The minimum Gasteiger partial charge on any atom is -0.490 e. The molecule has 1 aliphatic carbocycles. The number of Topliss-reactive ketones (excluding diaryl/α,β-unsaturated/α-hetero) is 1. The number of halogens is 2. The number of rotatable bonds is 7. The van der Waals surface area contributed by atoms with Crippen LogP contribution in [0.4, 0.5) is 11.4 Å². The molecule has 4 atom stereocenters. The van der Waals surface area contributed by atoms with Gasteiger partial charge in [-0.3, -0.25) is 29.4 Å². The first kappa shape index (κ1) is 26.0. The number of nitro groups is 1. The molecule has 0 spiro atoms. The number of ether oxygens (including phenoxy) is 2. The average molecular weight is 624 g/mol. The molecule has 2 aliphatic rings. The van der Waals surface area contributed by atoms with Crippen molar-refractivity contribution in [2.24, 2.45) is 11.8 Å². The predicted octanol–water partition coefficient (Wildman–Crippen LogP) is 4.07. The molecule has 12 heteroatoms.